The fourth-order valence-electron chi connectivity index (χ4n) is 6.01. The van der Waals surface area contributed by atoms with E-state index in [1.165, 1.54) is 7.11 Å². The molecule has 1 aliphatic heterocycles. The lowest BCUT2D eigenvalue weighted by Gasteiger charge is -2.33. The van der Waals surface area contributed by atoms with Crippen LogP contribution < -0.4 is 20.7 Å². The van der Waals surface area contributed by atoms with Crippen LogP contribution in [0.1, 0.15) is 75.7 Å². The van der Waals surface area contributed by atoms with Gasteiger partial charge in [-0.25, -0.2) is 4.79 Å². The molecule has 0 radical (unpaired) electrons. The van der Waals surface area contributed by atoms with Crippen LogP contribution in [0.5, 0.6) is 5.75 Å². The first-order valence-electron chi connectivity index (χ1n) is 13.8. The second-order valence-electron chi connectivity index (χ2n) is 11.3. The second-order valence-corrected chi connectivity index (χ2v) is 11.3. The molecule has 2 heterocycles. The van der Waals surface area contributed by atoms with Gasteiger partial charge in [-0.3, -0.25) is 14.4 Å². The number of carbonyl (C=O) groups is 4. The highest BCUT2D eigenvalue weighted by molar-refractivity contribution is 6.01. The highest BCUT2D eigenvalue weighted by Gasteiger charge is 2.46. The average molecular weight is 541 g/mol. The molecule has 1 saturated carbocycles. The SMILES string of the molecule is COC(=O)C(CC1CC2(CCCCC2)NC1=O)NC(=O)[C@H](CC(C)C)NC(=O)c1cc2c(OC)cccc2[nH]1. The third-order valence-electron chi connectivity index (χ3n) is 7.95. The van der Waals surface area contributed by atoms with Crippen molar-refractivity contribution in [3.8, 4) is 5.75 Å². The molecule has 4 rings (SSSR count). The number of hydrogen-bond acceptors (Lipinski definition) is 6. The first kappa shape index (κ1) is 28.4. The maximum Gasteiger partial charge on any atom is 0.328 e. The summed E-state index contributed by atoms with van der Waals surface area (Å²) in [5.74, 6) is -1.31. The fraction of sp³-hybridized carbons (Fsp3) is 0.586. The van der Waals surface area contributed by atoms with Crippen molar-refractivity contribution in [1.82, 2.24) is 20.9 Å². The Labute approximate surface area is 228 Å². The van der Waals surface area contributed by atoms with Crippen molar-refractivity contribution < 1.29 is 28.7 Å². The Balaban J connectivity index is 1.47. The zero-order valence-corrected chi connectivity index (χ0v) is 23.2. The standard InChI is InChI=1S/C29H40N4O6/c1-17(2)13-21(31-27(36)22-15-19-20(30-22)9-8-10-24(19)38-3)26(35)32-23(28(37)39-4)14-18-16-29(33-25(18)34)11-6-5-7-12-29/h8-10,15,17-18,21,23,30H,5-7,11-14,16H2,1-4H3,(H,31,36)(H,32,35)(H,33,34)/t18?,21-,23?/m0/s1. The minimum atomic E-state index is -0.999. The number of ether oxygens (including phenoxy) is 2. The van der Waals surface area contributed by atoms with Gasteiger partial charge in [0.1, 0.15) is 23.5 Å². The summed E-state index contributed by atoms with van der Waals surface area (Å²) in [6, 6.07) is 5.26. The van der Waals surface area contributed by atoms with Crippen molar-refractivity contribution in [3.05, 3.63) is 30.0 Å². The van der Waals surface area contributed by atoms with Crippen molar-refractivity contribution in [2.24, 2.45) is 11.8 Å². The first-order chi connectivity index (χ1) is 18.6. The lowest BCUT2D eigenvalue weighted by Crippen LogP contribution is -2.53. The normalized spacial score (nSPS) is 19.9. The number of benzene rings is 1. The molecule has 2 aliphatic rings. The van der Waals surface area contributed by atoms with E-state index in [1.54, 1.807) is 19.2 Å². The number of H-pyrrole nitrogens is 1. The number of carbonyl (C=O) groups excluding carboxylic acids is 4. The van der Waals surface area contributed by atoms with E-state index in [1.807, 2.05) is 26.0 Å². The minimum Gasteiger partial charge on any atom is -0.496 e. The summed E-state index contributed by atoms with van der Waals surface area (Å²) in [6.45, 7) is 3.90. The number of rotatable bonds is 10. The van der Waals surface area contributed by atoms with Crippen molar-refractivity contribution in [3.63, 3.8) is 0 Å². The third-order valence-corrected chi connectivity index (χ3v) is 7.95. The first-order valence-corrected chi connectivity index (χ1v) is 13.8. The molecule has 2 aromatic rings. The van der Waals surface area contributed by atoms with Gasteiger partial charge in [-0.2, -0.15) is 0 Å². The van der Waals surface area contributed by atoms with Crippen molar-refractivity contribution in [2.75, 3.05) is 14.2 Å². The van der Waals surface area contributed by atoms with Crippen LogP contribution in [0.3, 0.4) is 0 Å². The molecule has 212 valence electrons. The molecule has 10 nitrogen and oxygen atoms in total. The lowest BCUT2D eigenvalue weighted by atomic mass is 9.78. The fourth-order valence-corrected chi connectivity index (χ4v) is 6.01. The Hall–Kier alpha value is -3.56. The van der Waals surface area contributed by atoms with Gasteiger partial charge in [0, 0.05) is 22.4 Å². The number of fused-ring (bicyclic) bond motifs is 1. The van der Waals surface area contributed by atoms with Crippen LogP contribution in [0.15, 0.2) is 24.3 Å². The minimum absolute atomic E-state index is 0.0821. The van der Waals surface area contributed by atoms with Crippen molar-refractivity contribution >= 4 is 34.6 Å². The summed E-state index contributed by atoms with van der Waals surface area (Å²) in [4.78, 5) is 55.2. The average Bonchev–Trinajstić information content (AvgIpc) is 3.48. The molecule has 1 aliphatic carbocycles. The number of aromatic nitrogens is 1. The highest BCUT2D eigenvalue weighted by Crippen LogP contribution is 2.39. The van der Waals surface area contributed by atoms with Crippen LogP contribution in [-0.2, 0) is 19.1 Å². The van der Waals surface area contributed by atoms with Gasteiger partial charge in [0.2, 0.25) is 11.8 Å². The van der Waals surface area contributed by atoms with Crippen molar-refractivity contribution in [2.45, 2.75) is 82.8 Å². The molecule has 3 amide bonds. The van der Waals surface area contributed by atoms with E-state index in [0.29, 0.717) is 24.3 Å². The monoisotopic (exact) mass is 540 g/mol. The number of nitrogens with one attached hydrogen (secondary N) is 4. The molecule has 39 heavy (non-hydrogen) atoms. The smallest absolute Gasteiger partial charge is 0.328 e. The quantitative estimate of drug-likeness (QED) is 0.342. The Morgan fingerprint density at radius 1 is 1.08 bits per heavy atom. The molecule has 3 atom stereocenters. The molecule has 1 spiro atoms. The van der Waals surface area contributed by atoms with E-state index in [2.05, 4.69) is 20.9 Å². The van der Waals surface area contributed by atoms with E-state index in [-0.39, 0.29) is 23.8 Å². The molecule has 0 bridgehead atoms. The highest BCUT2D eigenvalue weighted by atomic mass is 16.5. The van der Waals surface area contributed by atoms with Gasteiger partial charge in [-0.1, -0.05) is 39.2 Å². The molecule has 4 N–H and O–H groups in total. The van der Waals surface area contributed by atoms with Gasteiger partial charge < -0.3 is 30.4 Å². The van der Waals surface area contributed by atoms with Crippen LogP contribution in [0.4, 0.5) is 0 Å². The Morgan fingerprint density at radius 3 is 2.49 bits per heavy atom. The van der Waals surface area contributed by atoms with E-state index in [0.717, 1.165) is 43.0 Å². The molecule has 1 aromatic carbocycles. The summed E-state index contributed by atoms with van der Waals surface area (Å²) < 4.78 is 10.4. The van der Waals surface area contributed by atoms with E-state index < -0.39 is 35.8 Å². The largest absolute Gasteiger partial charge is 0.496 e. The van der Waals surface area contributed by atoms with Crippen LogP contribution in [0.2, 0.25) is 0 Å². The Kier molecular flexibility index (Phi) is 8.82. The maximum atomic E-state index is 13.4. The molecule has 1 aromatic heterocycles. The number of esters is 1. The van der Waals surface area contributed by atoms with Gasteiger partial charge in [0.25, 0.3) is 5.91 Å². The van der Waals surface area contributed by atoms with E-state index in [9.17, 15) is 19.2 Å². The Morgan fingerprint density at radius 2 is 1.82 bits per heavy atom. The molecule has 2 fully saturated rings. The van der Waals surface area contributed by atoms with Crippen LogP contribution >= 0.6 is 0 Å². The van der Waals surface area contributed by atoms with E-state index >= 15 is 0 Å². The van der Waals surface area contributed by atoms with Gasteiger partial charge in [-0.15, -0.1) is 0 Å². The molecule has 2 unspecified atom stereocenters. The summed E-state index contributed by atoms with van der Waals surface area (Å²) in [7, 11) is 2.82. The molecular formula is C29H40N4O6. The van der Waals surface area contributed by atoms with Crippen molar-refractivity contribution in [1.29, 1.82) is 0 Å². The summed E-state index contributed by atoms with van der Waals surface area (Å²) in [5, 5.41) is 9.52. The number of hydrogen-bond donors (Lipinski definition) is 4. The van der Waals surface area contributed by atoms with Crippen LogP contribution in [-0.4, -0.2) is 60.5 Å². The van der Waals surface area contributed by atoms with E-state index in [4.69, 9.17) is 9.47 Å². The predicted molar refractivity (Wildman–Crippen MR) is 146 cm³/mol. The number of methoxy groups -OCH3 is 2. The second kappa shape index (κ2) is 12.1. The maximum absolute atomic E-state index is 13.4. The zero-order chi connectivity index (χ0) is 28.2. The van der Waals surface area contributed by atoms with Gasteiger partial charge in [-0.05, 0) is 56.2 Å². The molecule has 1 saturated heterocycles. The summed E-state index contributed by atoms with van der Waals surface area (Å²) in [5.41, 5.74) is 0.822. The number of aromatic amines is 1. The van der Waals surface area contributed by atoms with Crippen LogP contribution in [0.25, 0.3) is 10.9 Å². The summed E-state index contributed by atoms with van der Waals surface area (Å²) >= 11 is 0. The topological polar surface area (TPSA) is 139 Å². The van der Waals surface area contributed by atoms with Gasteiger partial charge in [0.05, 0.1) is 14.2 Å². The number of amides is 3. The lowest BCUT2D eigenvalue weighted by molar-refractivity contribution is -0.146. The van der Waals surface area contributed by atoms with Gasteiger partial charge >= 0.3 is 5.97 Å². The third kappa shape index (κ3) is 6.54. The predicted octanol–water partition coefficient (Wildman–Crippen LogP) is 3.21. The zero-order valence-electron chi connectivity index (χ0n) is 23.2. The summed E-state index contributed by atoms with van der Waals surface area (Å²) in [6.07, 6.45) is 6.34. The molecular weight excluding hydrogens is 500 g/mol. The Bertz CT molecular complexity index is 1220. The van der Waals surface area contributed by atoms with Crippen LogP contribution in [0, 0.1) is 11.8 Å². The molecule has 10 heteroatoms. The van der Waals surface area contributed by atoms with Gasteiger partial charge in [0.15, 0.2) is 0 Å².